The van der Waals surface area contributed by atoms with Crippen LogP contribution in [0.15, 0.2) is 36.4 Å². The molecule has 98 valence electrons. The molecule has 0 N–H and O–H groups in total. The van der Waals surface area contributed by atoms with Crippen molar-refractivity contribution in [2.45, 2.75) is 13.8 Å². The molecule has 2 aromatic carbocycles. The van der Waals surface area contributed by atoms with Gasteiger partial charge in [0.2, 0.25) is 0 Å². The van der Waals surface area contributed by atoms with Crippen molar-refractivity contribution in [3.63, 3.8) is 0 Å². The van der Waals surface area contributed by atoms with Gasteiger partial charge in [0.1, 0.15) is 5.75 Å². The molecule has 2 nitrogen and oxygen atoms in total. The predicted octanol–water partition coefficient (Wildman–Crippen LogP) is 4.20. The molecule has 0 amide bonds. The molecule has 0 unspecified atom stereocenters. The average Bonchev–Trinajstić information content (AvgIpc) is 2.42. The fourth-order valence-electron chi connectivity index (χ4n) is 1.85. The number of carbonyl (C=O) groups excluding carboxylic acids is 1. The van der Waals surface area contributed by atoms with Gasteiger partial charge in [0.05, 0.1) is 12.1 Å². The van der Waals surface area contributed by atoms with Crippen LogP contribution in [-0.2, 0) is 0 Å². The SMILES string of the molecule is COc1ccc(C(=O)c2cc(C)c(C)cc2Cl)cc1. The molecule has 3 heteroatoms. The summed E-state index contributed by atoms with van der Waals surface area (Å²) < 4.78 is 5.08. The van der Waals surface area contributed by atoms with E-state index in [1.807, 2.05) is 26.0 Å². The molecule has 0 heterocycles. The quantitative estimate of drug-likeness (QED) is 0.784. The van der Waals surface area contributed by atoms with Crippen molar-refractivity contribution < 1.29 is 9.53 Å². The lowest BCUT2D eigenvalue weighted by molar-refractivity contribution is 0.103. The topological polar surface area (TPSA) is 26.3 Å². The molecule has 0 saturated carbocycles. The Morgan fingerprint density at radius 2 is 1.63 bits per heavy atom. The molecule has 19 heavy (non-hydrogen) atoms. The minimum Gasteiger partial charge on any atom is -0.497 e. The molecule has 0 fully saturated rings. The standard InChI is InChI=1S/C16H15ClO2/c1-10-8-14(15(17)9-11(10)2)16(18)12-4-6-13(19-3)7-5-12/h4-9H,1-3H3. The fourth-order valence-corrected chi connectivity index (χ4v) is 2.16. The third-order valence-corrected chi connectivity index (χ3v) is 3.49. The minimum atomic E-state index is -0.0734. The number of benzene rings is 2. The van der Waals surface area contributed by atoms with Crippen LogP contribution in [-0.4, -0.2) is 12.9 Å². The molecule has 0 bridgehead atoms. The molecular weight excluding hydrogens is 260 g/mol. The highest BCUT2D eigenvalue weighted by Gasteiger charge is 2.14. The van der Waals surface area contributed by atoms with Crippen LogP contribution in [0.2, 0.25) is 5.02 Å². The van der Waals surface area contributed by atoms with Gasteiger partial charge in [-0.1, -0.05) is 11.6 Å². The average molecular weight is 275 g/mol. The number of rotatable bonds is 3. The van der Waals surface area contributed by atoms with Gasteiger partial charge in [0.15, 0.2) is 5.78 Å². The maximum absolute atomic E-state index is 12.4. The van der Waals surface area contributed by atoms with Crippen LogP contribution in [0, 0.1) is 13.8 Å². The summed E-state index contributed by atoms with van der Waals surface area (Å²) in [4.78, 5) is 12.4. The first-order valence-corrected chi connectivity index (χ1v) is 6.36. The lowest BCUT2D eigenvalue weighted by atomic mass is 9.99. The van der Waals surface area contributed by atoms with E-state index >= 15 is 0 Å². The van der Waals surface area contributed by atoms with E-state index in [0.29, 0.717) is 16.1 Å². The third-order valence-electron chi connectivity index (χ3n) is 3.18. The first-order valence-electron chi connectivity index (χ1n) is 5.98. The predicted molar refractivity (Wildman–Crippen MR) is 77.4 cm³/mol. The van der Waals surface area contributed by atoms with E-state index in [1.54, 1.807) is 31.4 Å². The molecule has 2 aromatic rings. The first kappa shape index (κ1) is 13.6. The Bertz CT molecular complexity index is 615. The summed E-state index contributed by atoms with van der Waals surface area (Å²) in [6.45, 7) is 3.94. The van der Waals surface area contributed by atoms with Gasteiger partial charge in [0, 0.05) is 11.1 Å². The van der Waals surface area contributed by atoms with E-state index in [-0.39, 0.29) is 5.78 Å². The summed E-state index contributed by atoms with van der Waals surface area (Å²) in [5, 5.41) is 0.490. The highest BCUT2D eigenvalue weighted by Crippen LogP contribution is 2.24. The van der Waals surface area contributed by atoms with E-state index in [4.69, 9.17) is 16.3 Å². The molecule has 2 rings (SSSR count). The zero-order chi connectivity index (χ0) is 14.0. The summed E-state index contributed by atoms with van der Waals surface area (Å²) in [6.07, 6.45) is 0. The van der Waals surface area contributed by atoms with E-state index in [1.165, 1.54) is 0 Å². The van der Waals surface area contributed by atoms with Crippen molar-refractivity contribution in [3.8, 4) is 5.75 Å². The summed E-state index contributed by atoms with van der Waals surface area (Å²) >= 11 is 6.16. The van der Waals surface area contributed by atoms with Crippen molar-refractivity contribution in [1.29, 1.82) is 0 Å². The number of ketones is 1. The second-order valence-electron chi connectivity index (χ2n) is 4.47. The van der Waals surface area contributed by atoms with Gasteiger partial charge in [0.25, 0.3) is 0 Å². The molecule has 0 spiro atoms. The van der Waals surface area contributed by atoms with Gasteiger partial charge in [-0.25, -0.2) is 0 Å². The number of halogens is 1. The Balaban J connectivity index is 2.40. The summed E-state index contributed by atoms with van der Waals surface area (Å²) in [6, 6.07) is 10.7. The minimum absolute atomic E-state index is 0.0734. The lowest BCUT2D eigenvalue weighted by Gasteiger charge is -2.08. The van der Waals surface area contributed by atoms with Crippen LogP contribution in [0.1, 0.15) is 27.0 Å². The smallest absolute Gasteiger partial charge is 0.194 e. The fraction of sp³-hybridized carbons (Fsp3) is 0.188. The Morgan fingerprint density at radius 3 is 2.21 bits per heavy atom. The van der Waals surface area contributed by atoms with Crippen molar-refractivity contribution in [3.05, 3.63) is 63.7 Å². The van der Waals surface area contributed by atoms with Gasteiger partial charge in [-0.2, -0.15) is 0 Å². The Hall–Kier alpha value is -1.80. The van der Waals surface area contributed by atoms with Crippen molar-refractivity contribution in [2.75, 3.05) is 7.11 Å². The lowest BCUT2D eigenvalue weighted by Crippen LogP contribution is -2.03. The maximum Gasteiger partial charge on any atom is 0.194 e. The first-order chi connectivity index (χ1) is 9.02. The number of hydrogen-bond donors (Lipinski definition) is 0. The summed E-state index contributed by atoms with van der Waals surface area (Å²) in [5.41, 5.74) is 3.28. The van der Waals surface area contributed by atoms with E-state index in [0.717, 1.165) is 16.9 Å². The molecule has 0 aromatic heterocycles. The normalized spacial score (nSPS) is 10.3. The molecule has 0 aliphatic carbocycles. The highest BCUT2D eigenvalue weighted by molar-refractivity contribution is 6.35. The Morgan fingerprint density at radius 1 is 1.05 bits per heavy atom. The van der Waals surface area contributed by atoms with Gasteiger partial charge < -0.3 is 4.74 Å². The van der Waals surface area contributed by atoms with E-state index < -0.39 is 0 Å². The van der Waals surface area contributed by atoms with Crippen molar-refractivity contribution in [2.24, 2.45) is 0 Å². The second-order valence-corrected chi connectivity index (χ2v) is 4.88. The van der Waals surface area contributed by atoms with Crippen LogP contribution in [0.4, 0.5) is 0 Å². The van der Waals surface area contributed by atoms with Gasteiger partial charge in [-0.05, 0) is 61.4 Å². The van der Waals surface area contributed by atoms with Crippen LogP contribution >= 0.6 is 11.6 Å². The summed E-state index contributed by atoms with van der Waals surface area (Å²) in [5.74, 6) is 0.651. The molecular formula is C16H15ClO2. The van der Waals surface area contributed by atoms with Crippen LogP contribution < -0.4 is 4.74 Å². The van der Waals surface area contributed by atoms with Crippen LogP contribution in [0.25, 0.3) is 0 Å². The molecule has 0 atom stereocenters. The zero-order valence-electron chi connectivity index (χ0n) is 11.2. The Kier molecular flexibility index (Phi) is 3.91. The number of aryl methyl sites for hydroxylation is 2. The van der Waals surface area contributed by atoms with E-state index in [9.17, 15) is 4.79 Å². The van der Waals surface area contributed by atoms with Crippen molar-refractivity contribution in [1.82, 2.24) is 0 Å². The van der Waals surface area contributed by atoms with E-state index in [2.05, 4.69) is 0 Å². The van der Waals surface area contributed by atoms with Gasteiger partial charge in [-0.3, -0.25) is 4.79 Å². The molecule has 0 saturated heterocycles. The van der Waals surface area contributed by atoms with Gasteiger partial charge >= 0.3 is 0 Å². The maximum atomic E-state index is 12.4. The highest BCUT2D eigenvalue weighted by atomic mass is 35.5. The zero-order valence-corrected chi connectivity index (χ0v) is 11.9. The van der Waals surface area contributed by atoms with Gasteiger partial charge in [-0.15, -0.1) is 0 Å². The third kappa shape index (κ3) is 2.79. The number of carbonyl (C=O) groups is 1. The Labute approximate surface area is 118 Å². The second kappa shape index (κ2) is 5.45. The number of methoxy groups -OCH3 is 1. The molecule has 0 radical (unpaired) electrons. The molecule has 0 aliphatic rings. The summed E-state index contributed by atoms with van der Waals surface area (Å²) in [7, 11) is 1.59. The number of hydrogen-bond acceptors (Lipinski definition) is 2. The largest absolute Gasteiger partial charge is 0.497 e. The molecule has 0 aliphatic heterocycles. The monoisotopic (exact) mass is 274 g/mol. The number of ether oxygens (including phenoxy) is 1. The van der Waals surface area contributed by atoms with Crippen LogP contribution in [0.5, 0.6) is 5.75 Å². The van der Waals surface area contributed by atoms with Crippen LogP contribution in [0.3, 0.4) is 0 Å². The van der Waals surface area contributed by atoms with Crippen molar-refractivity contribution >= 4 is 17.4 Å².